The molecule has 0 saturated carbocycles. The molecular weight excluding hydrogens is 785 g/mol. The van der Waals surface area contributed by atoms with Gasteiger partial charge in [-0.2, -0.15) is 0 Å². The molecule has 2 aromatic rings. The fourth-order valence-electron chi connectivity index (χ4n) is 6.98. The Balaban J connectivity index is 1.30. The zero-order valence-electron chi connectivity index (χ0n) is 38.0. The lowest BCUT2D eigenvalue weighted by atomic mass is 10.1. The van der Waals surface area contributed by atoms with Crippen molar-refractivity contribution in [3.8, 4) is 23.0 Å². The molecule has 0 bridgehead atoms. The van der Waals surface area contributed by atoms with E-state index in [-0.39, 0.29) is 33.3 Å². The number of hydrogen-bond acceptors (Lipinski definition) is 10. The summed E-state index contributed by atoms with van der Waals surface area (Å²) in [4.78, 5) is 30.1. The van der Waals surface area contributed by atoms with Gasteiger partial charge >= 0.3 is 6.09 Å². The standard InChI is InChI=1S/C44H74N4O9Si2/c1-43(2,3)58(9,10)56-29-32-18-16-20-47(32)28-31-24-37(52-7)39(26-35(31)45)54-22-14-13-15-23-55-40-27-36(46-42(50)51)34(25-38(40)53-8)41(49)48-21-17-19-33(48)30-57-59(11,12)44(4,5)6/h24-27,32-33,46H,13-23,28-30,45H2,1-12H3,(H,50,51)/t32-,33-/m0/s1. The molecule has 59 heavy (non-hydrogen) atoms. The first-order chi connectivity index (χ1) is 27.6. The zero-order chi connectivity index (χ0) is 43.8. The van der Waals surface area contributed by atoms with E-state index >= 15 is 0 Å². The maximum atomic E-state index is 14.0. The third kappa shape index (κ3) is 12.8. The molecule has 2 atom stereocenters. The molecule has 2 aromatic carbocycles. The van der Waals surface area contributed by atoms with E-state index in [1.165, 1.54) is 13.2 Å². The average Bonchev–Trinajstić information content (AvgIpc) is 3.81. The number of nitrogens with zero attached hydrogens (tertiary/aromatic N) is 2. The van der Waals surface area contributed by atoms with Gasteiger partial charge in [0.25, 0.3) is 5.91 Å². The maximum Gasteiger partial charge on any atom is 0.409 e. The van der Waals surface area contributed by atoms with Gasteiger partial charge in [0.1, 0.15) is 0 Å². The lowest BCUT2D eigenvalue weighted by Crippen LogP contribution is -2.46. The normalized spacial score (nSPS) is 17.9. The van der Waals surface area contributed by atoms with Crippen LogP contribution in [0.25, 0.3) is 0 Å². The number of benzene rings is 2. The monoisotopic (exact) mass is 858 g/mol. The number of anilines is 2. The van der Waals surface area contributed by atoms with Crippen LogP contribution in [0.4, 0.5) is 16.2 Å². The van der Waals surface area contributed by atoms with Crippen LogP contribution in [-0.2, 0) is 15.4 Å². The second kappa shape index (κ2) is 20.4. The summed E-state index contributed by atoms with van der Waals surface area (Å²) in [6.07, 6.45) is 4.97. The zero-order valence-corrected chi connectivity index (χ0v) is 40.0. The molecule has 332 valence electrons. The summed E-state index contributed by atoms with van der Waals surface area (Å²) >= 11 is 0. The first kappa shape index (κ1) is 48.2. The number of hydrogen-bond donors (Lipinski definition) is 3. The van der Waals surface area contributed by atoms with Gasteiger partial charge in [0, 0.05) is 43.6 Å². The molecule has 15 heteroatoms. The third-order valence-electron chi connectivity index (χ3n) is 12.9. The number of ether oxygens (including phenoxy) is 4. The van der Waals surface area contributed by atoms with Crippen molar-refractivity contribution in [1.29, 1.82) is 0 Å². The van der Waals surface area contributed by atoms with Gasteiger partial charge in [0.2, 0.25) is 0 Å². The van der Waals surface area contributed by atoms with Gasteiger partial charge in [-0.3, -0.25) is 15.0 Å². The van der Waals surface area contributed by atoms with Crippen molar-refractivity contribution in [1.82, 2.24) is 9.80 Å². The third-order valence-corrected chi connectivity index (χ3v) is 21.9. The van der Waals surface area contributed by atoms with Crippen molar-refractivity contribution in [3.63, 3.8) is 0 Å². The highest BCUT2D eigenvalue weighted by Crippen LogP contribution is 2.40. The van der Waals surface area contributed by atoms with Gasteiger partial charge in [-0.25, -0.2) is 4.79 Å². The highest BCUT2D eigenvalue weighted by Gasteiger charge is 2.40. The highest BCUT2D eigenvalue weighted by molar-refractivity contribution is 6.74. The fraction of sp³-hybridized carbons (Fsp3) is 0.682. The van der Waals surface area contributed by atoms with Crippen LogP contribution < -0.4 is 30.0 Å². The van der Waals surface area contributed by atoms with Crippen LogP contribution in [0.2, 0.25) is 36.3 Å². The van der Waals surface area contributed by atoms with Crippen molar-refractivity contribution in [2.75, 3.05) is 64.8 Å². The van der Waals surface area contributed by atoms with Crippen LogP contribution in [0.1, 0.15) is 102 Å². The predicted octanol–water partition coefficient (Wildman–Crippen LogP) is 9.62. The summed E-state index contributed by atoms with van der Waals surface area (Å²) in [5.41, 5.74) is 8.65. The minimum Gasteiger partial charge on any atom is -0.493 e. The van der Waals surface area contributed by atoms with Gasteiger partial charge in [-0.1, -0.05) is 41.5 Å². The molecule has 0 aromatic heterocycles. The lowest BCUT2D eigenvalue weighted by molar-refractivity contribution is 0.0684. The van der Waals surface area contributed by atoms with E-state index < -0.39 is 22.7 Å². The molecule has 2 aliphatic heterocycles. The number of carboxylic acid groups (broad SMARTS) is 1. The van der Waals surface area contributed by atoms with E-state index in [0.29, 0.717) is 67.5 Å². The topological polar surface area (TPSA) is 154 Å². The Morgan fingerprint density at radius 2 is 1.29 bits per heavy atom. The van der Waals surface area contributed by atoms with E-state index in [9.17, 15) is 14.7 Å². The second-order valence-electron chi connectivity index (χ2n) is 19.1. The molecule has 13 nitrogen and oxygen atoms in total. The average molecular weight is 859 g/mol. The molecule has 0 aliphatic carbocycles. The van der Waals surface area contributed by atoms with Crippen LogP contribution in [-0.4, -0.2) is 109 Å². The van der Waals surface area contributed by atoms with Crippen LogP contribution >= 0.6 is 0 Å². The Bertz CT molecular complexity index is 1730. The Hall–Kier alpha value is -3.51. The first-order valence-electron chi connectivity index (χ1n) is 21.4. The molecular formula is C44H74N4O9Si2. The first-order valence-corrected chi connectivity index (χ1v) is 27.2. The number of rotatable bonds is 20. The molecule has 2 fully saturated rings. The largest absolute Gasteiger partial charge is 0.493 e. The molecule has 4 N–H and O–H groups in total. The predicted molar refractivity (Wildman–Crippen MR) is 241 cm³/mol. The minimum absolute atomic E-state index is 0.0475. The summed E-state index contributed by atoms with van der Waals surface area (Å²) in [7, 11) is -0.699. The number of nitrogens with one attached hydrogen (secondary N) is 1. The molecule has 0 spiro atoms. The van der Waals surface area contributed by atoms with Crippen molar-refractivity contribution >= 4 is 40.0 Å². The minimum atomic E-state index is -2.02. The van der Waals surface area contributed by atoms with E-state index in [0.717, 1.165) is 63.8 Å². The Labute approximate surface area is 355 Å². The number of amides is 2. The molecule has 4 rings (SSSR count). The quantitative estimate of drug-likeness (QED) is 0.0663. The second-order valence-corrected chi connectivity index (χ2v) is 28.8. The lowest BCUT2D eigenvalue weighted by Gasteiger charge is -2.38. The number of likely N-dealkylation sites (tertiary alicyclic amines) is 2. The summed E-state index contributed by atoms with van der Waals surface area (Å²) in [6, 6.07) is 7.24. The smallest absolute Gasteiger partial charge is 0.409 e. The molecule has 0 radical (unpaired) electrons. The van der Waals surface area contributed by atoms with Crippen LogP contribution in [0, 0.1) is 0 Å². The number of unbranched alkanes of at least 4 members (excludes halogenated alkanes) is 2. The number of nitrogens with two attached hydrogens (primary N) is 1. The van der Waals surface area contributed by atoms with Crippen molar-refractivity contribution in [3.05, 3.63) is 35.4 Å². The van der Waals surface area contributed by atoms with Crippen LogP contribution in [0.3, 0.4) is 0 Å². The van der Waals surface area contributed by atoms with E-state index in [2.05, 4.69) is 77.9 Å². The number of carbonyl (C=O) groups is 2. The van der Waals surface area contributed by atoms with E-state index in [4.69, 9.17) is 33.5 Å². The maximum absolute atomic E-state index is 14.0. The molecule has 2 aliphatic rings. The molecule has 2 saturated heterocycles. The SMILES string of the molecule is COc1cc(CN2CCC[C@H]2CO[Si](C)(C)C(C)(C)C)c(N)cc1OCCCCCOc1cc(NC(=O)O)c(C(=O)N2CCC[C@H]2CO[Si](C)(C)C(C)(C)C)cc1OC. The Kier molecular flexibility index (Phi) is 16.6. The molecule has 2 heterocycles. The number of nitrogen functional groups attached to an aromatic ring is 1. The van der Waals surface area contributed by atoms with Crippen molar-refractivity contribution in [2.45, 2.75) is 141 Å². The molecule has 2 amide bonds. The fourth-order valence-corrected chi connectivity index (χ4v) is 9.07. The van der Waals surface area contributed by atoms with Crippen LogP contribution in [0.5, 0.6) is 23.0 Å². The summed E-state index contributed by atoms with van der Waals surface area (Å²) in [6.45, 7) is 26.8. The van der Waals surface area contributed by atoms with Gasteiger partial charge < -0.3 is 43.5 Å². The summed E-state index contributed by atoms with van der Waals surface area (Å²) < 4.78 is 36.7. The van der Waals surface area contributed by atoms with Gasteiger partial charge in [-0.15, -0.1) is 0 Å². The number of carbonyl (C=O) groups excluding carboxylic acids is 1. The Morgan fingerprint density at radius 1 is 0.763 bits per heavy atom. The highest BCUT2D eigenvalue weighted by atomic mass is 28.4. The molecule has 0 unspecified atom stereocenters. The van der Waals surface area contributed by atoms with E-state index in [1.54, 1.807) is 18.1 Å². The summed E-state index contributed by atoms with van der Waals surface area (Å²) in [5.74, 6) is 1.72. The van der Waals surface area contributed by atoms with Crippen molar-refractivity contribution < 1.29 is 42.5 Å². The van der Waals surface area contributed by atoms with Gasteiger partial charge in [0.05, 0.1) is 51.3 Å². The van der Waals surface area contributed by atoms with Gasteiger partial charge in [0.15, 0.2) is 39.6 Å². The van der Waals surface area contributed by atoms with E-state index in [1.807, 2.05) is 12.1 Å². The number of methoxy groups -OCH3 is 2. The van der Waals surface area contributed by atoms with Gasteiger partial charge in [-0.05, 0) is 105 Å². The van der Waals surface area contributed by atoms with Crippen LogP contribution in [0.15, 0.2) is 24.3 Å². The van der Waals surface area contributed by atoms with Crippen molar-refractivity contribution in [2.24, 2.45) is 0 Å². The summed E-state index contributed by atoms with van der Waals surface area (Å²) in [5, 5.41) is 12.3. The Morgan fingerprint density at radius 3 is 1.85 bits per heavy atom.